The van der Waals surface area contributed by atoms with E-state index in [0.29, 0.717) is 47.3 Å². The monoisotopic (exact) mass is 500 g/mol. The SMILES string of the molecule is CC(=O)N1CCC(CNC(=O)c2cccc(Nc3cc(NCc4ccccc4)c(C(N)=O)cn3)c2)CC1. The first kappa shape index (κ1) is 25.7. The molecule has 1 aliphatic rings. The number of primary amides is 1. The van der Waals surface area contributed by atoms with Crippen LogP contribution in [0.15, 0.2) is 66.9 Å². The molecule has 1 aromatic heterocycles. The van der Waals surface area contributed by atoms with E-state index < -0.39 is 5.91 Å². The second-order valence-electron chi connectivity index (χ2n) is 9.18. The predicted octanol–water partition coefficient (Wildman–Crippen LogP) is 3.52. The van der Waals surface area contributed by atoms with Gasteiger partial charge in [0.2, 0.25) is 5.91 Å². The van der Waals surface area contributed by atoms with Crippen LogP contribution in [0.25, 0.3) is 0 Å². The highest BCUT2D eigenvalue weighted by Crippen LogP contribution is 2.23. The number of hydrogen-bond acceptors (Lipinski definition) is 6. The molecular formula is C28H32N6O3. The van der Waals surface area contributed by atoms with Gasteiger partial charge in [-0.05, 0) is 42.5 Å². The van der Waals surface area contributed by atoms with Gasteiger partial charge in [0.25, 0.3) is 11.8 Å². The Morgan fingerprint density at radius 1 is 1.03 bits per heavy atom. The van der Waals surface area contributed by atoms with E-state index in [0.717, 1.165) is 31.5 Å². The van der Waals surface area contributed by atoms with Crippen LogP contribution in [0.2, 0.25) is 0 Å². The highest BCUT2D eigenvalue weighted by Gasteiger charge is 2.21. The van der Waals surface area contributed by atoms with Crippen molar-refractivity contribution in [1.29, 1.82) is 0 Å². The van der Waals surface area contributed by atoms with Crippen molar-refractivity contribution in [2.75, 3.05) is 30.3 Å². The van der Waals surface area contributed by atoms with E-state index in [1.165, 1.54) is 6.20 Å². The summed E-state index contributed by atoms with van der Waals surface area (Å²) in [4.78, 5) is 42.3. The highest BCUT2D eigenvalue weighted by molar-refractivity contribution is 5.99. The fourth-order valence-corrected chi connectivity index (χ4v) is 4.34. The first-order chi connectivity index (χ1) is 17.9. The smallest absolute Gasteiger partial charge is 0.252 e. The number of carbonyl (C=O) groups excluding carboxylic acids is 3. The number of aromatic nitrogens is 1. The summed E-state index contributed by atoms with van der Waals surface area (Å²) in [5, 5.41) is 9.48. The first-order valence-corrected chi connectivity index (χ1v) is 12.4. The minimum atomic E-state index is -0.569. The first-order valence-electron chi connectivity index (χ1n) is 12.4. The Morgan fingerprint density at radius 3 is 2.49 bits per heavy atom. The van der Waals surface area contributed by atoms with Gasteiger partial charge in [-0.25, -0.2) is 4.98 Å². The summed E-state index contributed by atoms with van der Waals surface area (Å²) in [6, 6.07) is 18.7. The second kappa shape index (κ2) is 12.0. The van der Waals surface area contributed by atoms with Crippen LogP contribution in [0.4, 0.5) is 17.2 Å². The van der Waals surface area contributed by atoms with Gasteiger partial charge in [-0.2, -0.15) is 0 Å². The molecule has 2 aromatic carbocycles. The maximum atomic E-state index is 12.8. The largest absolute Gasteiger partial charge is 0.380 e. The molecular weight excluding hydrogens is 468 g/mol. The summed E-state index contributed by atoms with van der Waals surface area (Å²) in [7, 11) is 0. The highest BCUT2D eigenvalue weighted by atomic mass is 16.2. The van der Waals surface area contributed by atoms with Crippen LogP contribution in [0.5, 0.6) is 0 Å². The lowest BCUT2D eigenvalue weighted by atomic mass is 9.96. The molecule has 0 aliphatic carbocycles. The molecule has 0 atom stereocenters. The number of nitrogens with one attached hydrogen (secondary N) is 3. The molecule has 3 amide bonds. The third kappa shape index (κ3) is 7.07. The predicted molar refractivity (Wildman–Crippen MR) is 144 cm³/mol. The summed E-state index contributed by atoms with van der Waals surface area (Å²) in [5.41, 5.74) is 8.69. The van der Waals surface area contributed by atoms with E-state index in [1.807, 2.05) is 41.3 Å². The molecule has 0 bridgehead atoms. The summed E-state index contributed by atoms with van der Waals surface area (Å²) >= 11 is 0. The summed E-state index contributed by atoms with van der Waals surface area (Å²) < 4.78 is 0. The molecule has 0 saturated carbocycles. The van der Waals surface area contributed by atoms with Crippen LogP contribution in [0.3, 0.4) is 0 Å². The van der Waals surface area contributed by atoms with Crippen LogP contribution in [-0.4, -0.2) is 47.2 Å². The normalized spacial score (nSPS) is 13.6. The third-order valence-corrected chi connectivity index (χ3v) is 6.50. The molecule has 0 radical (unpaired) electrons. The number of amides is 3. The Balaban J connectivity index is 1.38. The maximum absolute atomic E-state index is 12.8. The lowest BCUT2D eigenvalue weighted by Crippen LogP contribution is -2.40. The number of piperidine rings is 1. The number of likely N-dealkylation sites (tertiary alicyclic amines) is 1. The number of rotatable bonds is 9. The van der Waals surface area contributed by atoms with Crippen molar-refractivity contribution >= 4 is 34.9 Å². The van der Waals surface area contributed by atoms with Gasteiger partial charge in [0, 0.05) is 56.6 Å². The topological polar surface area (TPSA) is 129 Å². The van der Waals surface area contributed by atoms with Gasteiger partial charge in [0.15, 0.2) is 0 Å². The molecule has 192 valence electrons. The zero-order valence-electron chi connectivity index (χ0n) is 20.9. The summed E-state index contributed by atoms with van der Waals surface area (Å²) in [6.45, 7) is 4.16. The van der Waals surface area contributed by atoms with E-state index in [1.54, 1.807) is 31.2 Å². The van der Waals surface area contributed by atoms with Gasteiger partial charge in [-0.1, -0.05) is 36.4 Å². The van der Waals surface area contributed by atoms with Crippen molar-refractivity contribution in [1.82, 2.24) is 15.2 Å². The minimum absolute atomic E-state index is 0.102. The standard InChI is InChI=1S/C28H32N6O3/c1-19(35)34-12-10-21(11-13-34)17-32-28(37)22-8-5-9-23(14-22)33-26-15-25(24(18-31-26)27(29)36)30-16-20-6-3-2-4-7-20/h2-9,14-15,18,21H,10-13,16-17H2,1H3,(H2,29,36)(H,32,37)(H2,30,31,33). The quantitative estimate of drug-likeness (QED) is 0.356. The van der Waals surface area contributed by atoms with Crippen LogP contribution in [0, 0.1) is 5.92 Å². The Morgan fingerprint density at radius 2 is 1.78 bits per heavy atom. The van der Waals surface area contributed by atoms with E-state index in [2.05, 4.69) is 20.9 Å². The number of nitrogens with two attached hydrogens (primary N) is 1. The molecule has 4 rings (SSSR count). The maximum Gasteiger partial charge on any atom is 0.252 e. The molecule has 1 saturated heterocycles. The van der Waals surface area contributed by atoms with Crippen LogP contribution < -0.4 is 21.7 Å². The lowest BCUT2D eigenvalue weighted by Gasteiger charge is -2.31. The van der Waals surface area contributed by atoms with Crippen LogP contribution in [-0.2, 0) is 11.3 Å². The van der Waals surface area contributed by atoms with Gasteiger partial charge in [0.05, 0.1) is 11.3 Å². The van der Waals surface area contributed by atoms with Crippen molar-refractivity contribution in [3.8, 4) is 0 Å². The number of anilines is 3. The van der Waals surface area contributed by atoms with Gasteiger partial charge in [0.1, 0.15) is 5.82 Å². The zero-order valence-corrected chi connectivity index (χ0v) is 20.9. The van der Waals surface area contributed by atoms with Crippen molar-refractivity contribution in [3.05, 3.63) is 83.6 Å². The van der Waals surface area contributed by atoms with Crippen molar-refractivity contribution in [2.45, 2.75) is 26.3 Å². The molecule has 1 fully saturated rings. The molecule has 3 aromatic rings. The number of pyridine rings is 1. The molecule has 37 heavy (non-hydrogen) atoms. The Hall–Kier alpha value is -4.40. The molecule has 0 unspecified atom stereocenters. The molecule has 9 heteroatoms. The van der Waals surface area contributed by atoms with Crippen LogP contribution in [0.1, 0.15) is 46.0 Å². The third-order valence-electron chi connectivity index (χ3n) is 6.50. The van der Waals surface area contributed by atoms with Gasteiger partial charge < -0.3 is 26.6 Å². The Labute approximate surface area is 216 Å². The number of nitrogens with zero attached hydrogens (tertiary/aromatic N) is 2. The number of carbonyl (C=O) groups is 3. The van der Waals surface area contributed by atoms with Crippen molar-refractivity contribution in [3.63, 3.8) is 0 Å². The average Bonchev–Trinajstić information content (AvgIpc) is 2.91. The fourth-order valence-electron chi connectivity index (χ4n) is 4.34. The second-order valence-corrected chi connectivity index (χ2v) is 9.18. The van der Waals surface area contributed by atoms with E-state index in [9.17, 15) is 14.4 Å². The Kier molecular flexibility index (Phi) is 8.35. The molecule has 2 heterocycles. The van der Waals surface area contributed by atoms with E-state index in [4.69, 9.17) is 5.73 Å². The number of benzene rings is 2. The minimum Gasteiger partial charge on any atom is -0.380 e. The van der Waals surface area contributed by atoms with E-state index in [-0.39, 0.29) is 11.8 Å². The molecule has 9 nitrogen and oxygen atoms in total. The molecule has 0 spiro atoms. The summed E-state index contributed by atoms with van der Waals surface area (Å²) in [5.74, 6) is 0.246. The number of hydrogen-bond donors (Lipinski definition) is 4. The van der Waals surface area contributed by atoms with E-state index >= 15 is 0 Å². The molecule has 1 aliphatic heterocycles. The van der Waals surface area contributed by atoms with Gasteiger partial charge >= 0.3 is 0 Å². The van der Waals surface area contributed by atoms with Gasteiger partial charge in [-0.3, -0.25) is 14.4 Å². The molecule has 5 N–H and O–H groups in total. The van der Waals surface area contributed by atoms with Crippen molar-refractivity contribution < 1.29 is 14.4 Å². The fraction of sp³-hybridized carbons (Fsp3) is 0.286. The lowest BCUT2D eigenvalue weighted by molar-refractivity contribution is -0.130. The van der Waals surface area contributed by atoms with Crippen LogP contribution >= 0.6 is 0 Å². The van der Waals surface area contributed by atoms with Crippen molar-refractivity contribution in [2.24, 2.45) is 11.7 Å². The average molecular weight is 501 g/mol. The van der Waals surface area contributed by atoms with Gasteiger partial charge in [-0.15, -0.1) is 0 Å². The zero-order chi connectivity index (χ0) is 26.2. The Bertz CT molecular complexity index is 1260. The summed E-state index contributed by atoms with van der Waals surface area (Å²) in [6.07, 6.45) is 3.20.